The Bertz CT molecular complexity index is 436. The number of halogens is 1. The van der Waals surface area contributed by atoms with Gasteiger partial charge in [-0.2, -0.15) is 0 Å². The summed E-state index contributed by atoms with van der Waals surface area (Å²) >= 11 is 3.33. The Hall–Kier alpha value is -1.40. The van der Waals surface area contributed by atoms with Crippen LogP contribution in [0.4, 0.5) is 5.69 Å². The van der Waals surface area contributed by atoms with Crippen molar-refractivity contribution < 1.29 is 19.1 Å². The summed E-state index contributed by atoms with van der Waals surface area (Å²) in [6, 6.07) is 7.28. The first-order valence-corrected chi connectivity index (χ1v) is 6.61. The lowest BCUT2D eigenvalue weighted by Crippen LogP contribution is -2.16. The molecule has 0 aliphatic heterocycles. The van der Waals surface area contributed by atoms with Crippen molar-refractivity contribution in [3.63, 3.8) is 0 Å². The van der Waals surface area contributed by atoms with Crippen LogP contribution in [0.2, 0.25) is 0 Å². The molecule has 0 radical (unpaired) electrons. The van der Waals surface area contributed by atoms with Crippen LogP contribution in [0.3, 0.4) is 0 Å². The summed E-state index contributed by atoms with van der Waals surface area (Å²) < 4.78 is 10.4. The molecule has 0 fully saturated rings. The van der Waals surface area contributed by atoms with Crippen LogP contribution in [0.15, 0.2) is 28.7 Å². The minimum absolute atomic E-state index is 0.0556. The number of amides is 1. The standard InChI is InChI=1S/C13H16BrNO4/c1-18-8-9-19-13(17)7-6-12(16)15-11-5-3-2-4-10(11)14/h2-5H,6-9H2,1H3,(H,15,16). The topological polar surface area (TPSA) is 64.6 Å². The first-order valence-electron chi connectivity index (χ1n) is 5.82. The number of hydrogen-bond donors (Lipinski definition) is 1. The van der Waals surface area contributed by atoms with Crippen molar-refractivity contribution in [2.75, 3.05) is 25.6 Å². The van der Waals surface area contributed by atoms with Gasteiger partial charge in [-0.25, -0.2) is 0 Å². The van der Waals surface area contributed by atoms with E-state index in [1.807, 2.05) is 18.2 Å². The fourth-order valence-corrected chi connectivity index (χ4v) is 1.69. The maximum atomic E-state index is 11.6. The molecule has 1 aromatic carbocycles. The van der Waals surface area contributed by atoms with Gasteiger partial charge in [-0.1, -0.05) is 12.1 Å². The molecule has 0 atom stereocenters. The van der Waals surface area contributed by atoms with Crippen LogP contribution >= 0.6 is 15.9 Å². The molecule has 0 saturated heterocycles. The van der Waals surface area contributed by atoms with Gasteiger partial charge in [0.1, 0.15) is 6.61 Å². The Labute approximate surface area is 120 Å². The van der Waals surface area contributed by atoms with Crippen LogP contribution in [0, 0.1) is 0 Å². The molecule has 0 spiro atoms. The molecule has 0 bridgehead atoms. The van der Waals surface area contributed by atoms with Crippen LogP contribution in [0.5, 0.6) is 0 Å². The van der Waals surface area contributed by atoms with Crippen molar-refractivity contribution in [3.05, 3.63) is 28.7 Å². The highest BCUT2D eigenvalue weighted by atomic mass is 79.9. The number of nitrogens with one attached hydrogen (secondary N) is 1. The molecule has 5 nitrogen and oxygen atoms in total. The maximum absolute atomic E-state index is 11.6. The second-order valence-corrected chi connectivity index (χ2v) is 4.60. The van der Waals surface area contributed by atoms with Crippen LogP contribution in [-0.4, -0.2) is 32.2 Å². The monoisotopic (exact) mass is 329 g/mol. The molecular formula is C13H16BrNO4. The zero-order valence-electron chi connectivity index (χ0n) is 10.6. The highest BCUT2D eigenvalue weighted by Gasteiger charge is 2.09. The smallest absolute Gasteiger partial charge is 0.306 e. The zero-order chi connectivity index (χ0) is 14.1. The van der Waals surface area contributed by atoms with E-state index in [9.17, 15) is 9.59 Å². The summed E-state index contributed by atoms with van der Waals surface area (Å²) in [5.74, 6) is -0.630. The highest BCUT2D eigenvalue weighted by Crippen LogP contribution is 2.21. The lowest BCUT2D eigenvalue weighted by Gasteiger charge is -2.07. The minimum Gasteiger partial charge on any atom is -0.463 e. The van der Waals surface area contributed by atoms with Gasteiger partial charge in [0.25, 0.3) is 0 Å². The van der Waals surface area contributed by atoms with Gasteiger partial charge in [0.05, 0.1) is 18.7 Å². The van der Waals surface area contributed by atoms with Gasteiger partial charge in [-0.3, -0.25) is 9.59 Å². The van der Waals surface area contributed by atoms with E-state index >= 15 is 0 Å². The van der Waals surface area contributed by atoms with Crippen molar-refractivity contribution in [1.29, 1.82) is 0 Å². The predicted octanol–water partition coefficient (Wildman–Crippen LogP) is 2.36. The number of carbonyl (C=O) groups excluding carboxylic acids is 2. The van der Waals surface area contributed by atoms with Gasteiger partial charge in [0, 0.05) is 18.0 Å². The van der Waals surface area contributed by atoms with Gasteiger partial charge in [-0.15, -0.1) is 0 Å². The Morgan fingerprint density at radius 3 is 2.63 bits per heavy atom. The third-order valence-electron chi connectivity index (χ3n) is 2.25. The summed E-state index contributed by atoms with van der Waals surface area (Å²) in [6.45, 7) is 0.566. The van der Waals surface area contributed by atoms with Gasteiger partial charge in [0.15, 0.2) is 0 Å². The quantitative estimate of drug-likeness (QED) is 0.616. The van der Waals surface area contributed by atoms with E-state index in [2.05, 4.69) is 21.2 Å². The molecule has 19 heavy (non-hydrogen) atoms. The van der Waals surface area contributed by atoms with Crippen LogP contribution in [0.25, 0.3) is 0 Å². The van der Waals surface area contributed by atoms with E-state index < -0.39 is 5.97 Å². The largest absolute Gasteiger partial charge is 0.463 e. The molecule has 6 heteroatoms. The first-order chi connectivity index (χ1) is 9.13. The van der Waals surface area contributed by atoms with Gasteiger partial charge in [0.2, 0.25) is 5.91 Å². The van der Waals surface area contributed by atoms with E-state index in [0.29, 0.717) is 12.3 Å². The number of methoxy groups -OCH3 is 1. The molecule has 0 heterocycles. The van der Waals surface area contributed by atoms with E-state index in [1.165, 1.54) is 7.11 Å². The maximum Gasteiger partial charge on any atom is 0.306 e. The zero-order valence-corrected chi connectivity index (χ0v) is 12.2. The molecule has 0 saturated carbocycles. The van der Waals surface area contributed by atoms with Crippen LogP contribution in [-0.2, 0) is 19.1 Å². The van der Waals surface area contributed by atoms with Gasteiger partial charge in [-0.05, 0) is 28.1 Å². The van der Waals surface area contributed by atoms with Crippen LogP contribution < -0.4 is 5.32 Å². The molecule has 1 rings (SSSR count). The third-order valence-corrected chi connectivity index (χ3v) is 2.95. The number of para-hydroxylation sites is 1. The van der Waals surface area contributed by atoms with Crippen molar-refractivity contribution in [1.82, 2.24) is 0 Å². The lowest BCUT2D eigenvalue weighted by molar-refractivity contribution is -0.145. The van der Waals surface area contributed by atoms with Crippen molar-refractivity contribution in [2.24, 2.45) is 0 Å². The molecule has 1 N–H and O–H groups in total. The van der Waals surface area contributed by atoms with E-state index in [-0.39, 0.29) is 25.4 Å². The van der Waals surface area contributed by atoms with Crippen molar-refractivity contribution >= 4 is 33.5 Å². The third kappa shape index (κ3) is 6.35. The van der Waals surface area contributed by atoms with E-state index in [1.54, 1.807) is 6.07 Å². The Morgan fingerprint density at radius 2 is 1.95 bits per heavy atom. The average molecular weight is 330 g/mol. The summed E-state index contributed by atoms with van der Waals surface area (Å²) in [5, 5.41) is 2.71. The second kappa shape index (κ2) is 8.66. The SMILES string of the molecule is COCCOC(=O)CCC(=O)Nc1ccccc1Br. The Kier molecular flexibility index (Phi) is 7.14. The van der Waals surface area contributed by atoms with Gasteiger partial charge < -0.3 is 14.8 Å². The minimum atomic E-state index is -0.403. The average Bonchev–Trinajstić information content (AvgIpc) is 2.39. The highest BCUT2D eigenvalue weighted by molar-refractivity contribution is 9.10. The number of hydrogen-bond acceptors (Lipinski definition) is 4. The van der Waals surface area contributed by atoms with Crippen LogP contribution in [0.1, 0.15) is 12.8 Å². The molecule has 1 aromatic rings. The summed E-state index contributed by atoms with van der Waals surface area (Å²) in [5.41, 5.74) is 0.681. The second-order valence-electron chi connectivity index (χ2n) is 3.74. The fraction of sp³-hybridized carbons (Fsp3) is 0.385. The number of esters is 1. The molecule has 0 aromatic heterocycles. The normalized spacial score (nSPS) is 10.0. The molecule has 104 valence electrons. The summed E-state index contributed by atoms with van der Waals surface area (Å²) in [4.78, 5) is 22.9. The first kappa shape index (κ1) is 15.7. The lowest BCUT2D eigenvalue weighted by atomic mass is 10.2. The molecule has 1 amide bonds. The summed E-state index contributed by atoms with van der Waals surface area (Å²) in [7, 11) is 1.53. The predicted molar refractivity (Wildman–Crippen MR) is 74.8 cm³/mol. The Morgan fingerprint density at radius 1 is 1.21 bits per heavy atom. The van der Waals surface area contributed by atoms with Crippen molar-refractivity contribution in [3.8, 4) is 0 Å². The number of rotatable bonds is 7. The molecule has 0 aliphatic rings. The number of ether oxygens (including phenoxy) is 2. The van der Waals surface area contributed by atoms with E-state index in [0.717, 1.165) is 4.47 Å². The van der Waals surface area contributed by atoms with Gasteiger partial charge >= 0.3 is 5.97 Å². The number of benzene rings is 1. The fourth-order valence-electron chi connectivity index (χ4n) is 1.30. The van der Waals surface area contributed by atoms with E-state index in [4.69, 9.17) is 9.47 Å². The molecule has 0 unspecified atom stereocenters. The summed E-state index contributed by atoms with van der Waals surface area (Å²) in [6.07, 6.45) is 0.146. The Balaban J connectivity index is 2.28. The molecule has 0 aliphatic carbocycles. The number of anilines is 1. The number of carbonyl (C=O) groups is 2. The molecular weight excluding hydrogens is 314 g/mol. The van der Waals surface area contributed by atoms with Crippen molar-refractivity contribution in [2.45, 2.75) is 12.8 Å².